The van der Waals surface area contributed by atoms with E-state index in [-0.39, 0.29) is 28.9 Å². The van der Waals surface area contributed by atoms with Crippen LogP contribution in [0.25, 0.3) is 22.6 Å². The van der Waals surface area contributed by atoms with Crippen LogP contribution in [0.1, 0.15) is 18.2 Å². The van der Waals surface area contributed by atoms with Gasteiger partial charge < -0.3 is 24.3 Å². The van der Waals surface area contributed by atoms with E-state index in [0.29, 0.717) is 23.0 Å². The van der Waals surface area contributed by atoms with Gasteiger partial charge in [0.15, 0.2) is 18.2 Å². The molecule has 0 amide bonds. The third-order valence-electron chi connectivity index (χ3n) is 6.21. The standard InChI is InChI=1S/C29H22F6N6O3/c1-3-4-17(42)15-43-24-8-5-16(11-20(24)28(30,31)32)38-27-39-21-12-18(6-7-23(21)41(27)2)44-19-9-10-36-22(13-19)26-37-14-25(40-26)29(33,34)35/h3-14H,15H2,1-2H3,(H,37,40)(H,38,39)/b4-3+. The van der Waals surface area contributed by atoms with Crippen molar-refractivity contribution in [3.05, 3.63) is 84.3 Å². The number of anilines is 2. The molecule has 0 saturated heterocycles. The van der Waals surface area contributed by atoms with Crippen molar-refractivity contribution in [2.45, 2.75) is 19.3 Å². The van der Waals surface area contributed by atoms with Crippen LogP contribution in [0.4, 0.5) is 38.0 Å². The number of benzene rings is 2. The topological polar surface area (TPSA) is 107 Å². The molecule has 0 spiro atoms. The maximum Gasteiger partial charge on any atom is 0.432 e. The molecule has 0 unspecified atom stereocenters. The number of aromatic nitrogens is 5. The highest BCUT2D eigenvalue weighted by atomic mass is 19.4. The number of ether oxygens (including phenoxy) is 2. The average Bonchev–Trinajstić information content (AvgIpc) is 3.58. The Bertz CT molecular complexity index is 1860. The minimum Gasteiger partial charge on any atom is -0.485 e. The summed E-state index contributed by atoms with van der Waals surface area (Å²) in [6, 6.07) is 11.2. The van der Waals surface area contributed by atoms with Crippen LogP contribution in [0.15, 0.2) is 73.1 Å². The quantitative estimate of drug-likeness (QED) is 0.131. The van der Waals surface area contributed by atoms with Gasteiger partial charge in [-0.3, -0.25) is 9.78 Å². The van der Waals surface area contributed by atoms with Crippen LogP contribution in [0.5, 0.6) is 17.2 Å². The normalized spacial score (nSPS) is 12.2. The number of rotatable bonds is 9. The third kappa shape index (κ3) is 6.66. The summed E-state index contributed by atoms with van der Waals surface area (Å²) < 4.78 is 92.8. The number of pyridine rings is 1. The van der Waals surface area contributed by atoms with Gasteiger partial charge in [0.2, 0.25) is 5.95 Å². The van der Waals surface area contributed by atoms with E-state index >= 15 is 0 Å². The van der Waals surface area contributed by atoms with Gasteiger partial charge in [-0.15, -0.1) is 0 Å². The number of aromatic amines is 1. The first kappa shape index (κ1) is 30.1. The summed E-state index contributed by atoms with van der Waals surface area (Å²) in [6.45, 7) is 1.06. The second-order valence-electron chi connectivity index (χ2n) is 9.36. The summed E-state index contributed by atoms with van der Waals surface area (Å²) in [7, 11) is 1.67. The number of imidazole rings is 2. The van der Waals surface area contributed by atoms with Crippen LogP contribution in [0.3, 0.4) is 0 Å². The van der Waals surface area contributed by atoms with E-state index in [1.807, 2.05) is 0 Å². The van der Waals surface area contributed by atoms with Crippen LogP contribution in [0, 0.1) is 0 Å². The minimum atomic E-state index is -4.75. The van der Waals surface area contributed by atoms with Crippen molar-refractivity contribution in [3.63, 3.8) is 0 Å². The molecular formula is C29H22F6N6O3. The van der Waals surface area contributed by atoms with Gasteiger partial charge in [0, 0.05) is 31.1 Å². The first-order valence-corrected chi connectivity index (χ1v) is 12.8. The summed E-state index contributed by atoms with van der Waals surface area (Å²) in [5.74, 6) is -0.223. The van der Waals surface area contributed by atoms with Crippen LogP contribution >= 0.6 is 0 Å². The molecule has 5 aromatic rings. The highest BCUT2D eigenvalue weighted by molar-refractivity contribution is 5.90. The van der Waals surface area contributed by atoms with Crippen molar-refractivity contribution in [1.29, 1.82) is 0 Å². The van der Waals surface area contributed by atoms with E-state index < -0.39 is 41.7 Å². The zero-order valence-corrected chi connectivity index (χ0v) is 22.9. The fraction of sp³-hybridized carbons (Fsp3) is 0.172. The molecule has 0 aliphatic heterocycles. The number of aryl methyl sites for hydroxylation is 1. The summed E-state index contributed by atoms with van der Waals surface area (Å²) in [5, 5.41) is 2.87. The van der Waals surface area contributed by atoms with Crippen LogP contribution in [-0.2, 0) is 24.2 Å². The van der Waals surface area contributed by atoms with Gasteiger partial charge in [0.1, 0.15) is 28.6 Å². The number of nitrogens with one attached hydrogen (secondary N) is 2. The van der Waals surface area contributed by atoms with E-state index in [4.69, 9.17) is 9.47 Å². The van der Waals surface area contributed by atoms with Crippen LogP contribution in [-0.4, -0.2) is 36.9 Å². The average molecular weight is 617 g/mol. The van der Waals surface area contributed by atoms with Crippen molar-refractivity contribution in [2.24, 2.45) is 7.05 Å². The number of H-pyrrole nitrogens is 1. The first-order chi connectivity index (χ1) is 20.8. The Kier molecular flexibility index (Phi) is 8.04. The monoisotopic (exact) mass is 616 g/mol. The molecule has 0 aliphatic rings. The number of halogens is 6. The molecule has 0 fully saturated rings. The number of hydrogen-bond donors (Lipinski definition) is 2. The number of allylic oxidation sites excluding steroid dienone is 1. The van der Waals surface area contributed by atoms with Crippen molar-refractivity contribution in [1.82, 2.24) is 24.5 Å². The van der Waals surface area contributed by atoms with Gasteiger partial charge in [0.05, 0.1) is 22.8 Å². The number of hydrogen-bond acceptors (Lipinski definition) is 7. The molecule has 0 atom stereocenters. The fourth-order valence-corrected chi connectivity index (χ4v) is 4.16. The molecule has 9 nitrogen and oxygen atoms in total. The zero-order valence-electron chi connectivity index (χ0n) is 22.9. The number of fused-ring (bicyclic) bond motifs is 1. The van der Waals surface area contributed by atoms with E-state index in [1.54, 1.807) is 36.7 Å². The van der Waals surface area contributed by atoms with Gasteiger partial charge >= 0.3 is 12.4 Å². The number of carbonyl (C=O) groups is 1. The van der Waals surface area contributed by atoms with Gasteiger partial charge in [-0.2, -0.15) is 26.3 Å². The predicted molar refractivity (Wildman–Crippen MR) is 148 cm³/mol. The fourth-order valence-electron chi connectivity index (χ4n) is 4.16. The lowest BCUT2D eigenvalue weighted by Gasteiger charge is -2.15. The van der Waals surface area contributed by atoms with Crippen LogP contribution in [0.2, 0.25) is 0 Å². The second-order valence-corrected chi connectivity index (χ2v) is 9.36. The van der Waals surface area contributed by atoms with Crippen molar-refractivity contribution in [2.75, 3.05) is 11.9 Å². The SMILES string of the molecule is C/C=C/C(=O)COc1ccc(Nc2nc3cc(Oc4ccnc(-c5ncc(C(F)(F)F)[nH]5)c4)ccc3n2C)cc1C(F)(F)F. The molecule has 228 valence electrons. The van der Waals surface area contributed by atoms with Gasteiger partial charge in [0.25, 0.3) is 0 Å². The number of carbonyl (C=O) groups excluding carboxylic acids is 1. The molecule has 15 heteroatoms. The zero-order chi connectivity index (χ0) is 31.6. The molecule has 0 bridgehead atoms. The van der Waals surface area contributed by atoms with Gasteiger partial charge in [-0.1, -0.05) is 6.08 Å². The Balaban J connectivity index is 1.36. The Morgan fingerprint density at radius 1 is 1.00 bits per heavy atom. The summed E-state index contributed by atoms with van der Waals surface area (Å²) in [6.07, 6.45) is -4.64. The van der Waals surface area contributed by atoms with E-state index in [2.05, 4.69) is 25.3 Å². The van der Waals surface area contributed by atoms with E-state index in [1.165, 1.54) is 36.5 Å². The lowest BCUT2D eigenvalue weighted by Crippen LogP contribution is -2.13. The molecule has 0 aliphatic carbocycles. The molecule has 2 N–H and O–H groups in total. The maximum atomic E-state index is 13.8. The minimum absolute atomic E-state index is 0.0789. The number of nitrogens with zero attached hydrogens (tertiary/aromatic N) is 4. The van der Waals surface area contributed by atoms with Crippen molar-refractivity contribution < 1.29 is 40.6 Å². The lowest BCUT2D eigenvalue weighted by atomic mass is 10.1. The lowest BCUT2D eigenvalue weighted by molar-refractivity contribution is -0.141. The molecule has 2 aromatic carbocycles. The third-order valence-corrected chi connectivity index (χ3v) is 6.21. The summed E-state index contributed by atoms with van der Waals surface area (Å²) in [5.41, 5.74) is -0.796. The largest absolute Gasteiger partial charge is 0.485 e. The van der Waals surface area contributed by atoms with E-state index in [9.17, 15) is 31.1 Å². The smallest absolute Gasteiger partial charge is 0.432 e. The van der Waals surface area contributed by atoms with Crippen molar-refractivity contribution in [3.8, 4) is 28.8 Å². The van der Waals surface area contributed by atoms with Crippen molar-refractivity contribution >= 4 is 28.5 Å². The molecule has 5 rings (SSSR count). The predicted octanol–water partition coefficient (Wildman–Crippen LogP) is 7.46. The van der Waals surface area contributed by atoms with E-state index in [0.717, 1.165) is 12.1 Å². The highest BCUT2D eigenvalue weighted by Crippen LogP contribution is 2.39. The Hall–Kier alpha value is -5.34. The molecule has 0 radical (unpaired) electrons. The Morgan fingerprint density at radius 3 is 2.48 bits per heavy atom. The highest BCUT2D eigenvalue weighted by Gasteiger charge is 2.35. The van der Waals surface area contributed by atoms with Gasteiger partial charge in [-0.25, -0.2) is 9.97 Å². The number of alkyl halides is 6. The Morgan fingerprint density at radius 2 is 1.77 bits per heavy atom. The molecule has 0 saturated carbocycles. The summed E-state index contributed by atoms with van der Waals surface area (Å²) in [4.78, 5) is 26.1. The Labute approximate surface area is 245 Å². The first-order valence-electron chi connectivity index (χ1n) is 12.8. The van der Waals surface area contributed by atoms with Crippen LogP contribution < -0.4 is 14.8 Å². The molecule has 3 aromatic heterocycles. The maximum absolute atomic E-state index is 13.8. The molecular weight excluding hydrogens is 594 g/mol. The molecule has 44 heavy (non-hydrogen) atoms. The second kappa shape index (κ2) is 11.7. The summed E-state index contributed by atoms with van der Waals surface area (Å²) >= 11 is 0. The van der Waals surface area contributed by atoms with Gasteiger partial charge in [-0.05, 0) is 49.4 Å². The molecule has 3 heterocycles. The number of ketones is 1.